The Labute approximate surface area is 76.6 Å². The van der Waals surface area contributed by atoms with Gasteiger partial charge in [0, 0.05) is 12.1 Å². The molecule has 72 valence electrons. The standard InChI is InChI=1S/C9H13NO3/c1-6-3-4-13-8(6)9(12)10-5-7(2)11/h3-4,7,11H,5H2,1-2H3,(H,10,12)/t7-/m1/s1. The highest BCUT2D eigenvalue weighted by atomic mass is 16.3. The molecule has 0 aliphatic rings. The predicted molar refractivity (Wildman–Crippen MR) is 47.5 cm³/mol. The topological polar surface area (TPSA) is 62.5 Å². The van der Waals surface area contributed by atoms with E-state index in [1.807, 2.05) is 0 Å². The van der Waals surface area contributed by atoms with Crippen molar-refractivity contribution in [3.63, 3.8) is 0 Å². The molecular weight excluding hydrogens is 170 g/mol. The van der Waals surface area contributed by atoms with Crippen LogP contribution in [0.4, 0.5) is 0 Å². The zero-order chi connectivity index (χ0) is 9.84. The Morgan fingerprint density at radius 2 is 2.46 bits per heavy atom. The quantitative estimate of drug-likeness (QED) is 0.725. The third kappa shape index (κ3) is 2.59. The maximum absolute atomic E-state index is 11.3. The van der Waals surface area contributed by atoms with Crippen LogP contribution in [0.1, 0.15) is 23.0 Å². The van der Waals surface area contributed by atoms with E-state index in [1.165, 1.54) is 6.26 Å². The van der Waals surface area contributed by atoms with Gasteiger partial charge in [-0.25, -0.2) is 0 Å². The van der Waals surface area contributed by atoms with Gasteiger partial charge in [-0.2, -0.15) is 0 Å². The molecule has 4 heteroatoms. The van der Waals surface area contributed by atoms with Crippen LogP contribution in [0.3, 0.4) is 0 Å². The van der Waals surface area contributed by atoms with E-state index in [4.69, 9.17) is 9.52 Å². The van der Waals surface area contributed by atoms with E-state index in [0.29, 0.717) is 5.76 Å². The molecule has 0 bridgehead atoms. The van der Waals surface area contributed by atoms with Crippen molar-refractivity contribution in [2.24, 2.45) is 0 Å². The Kier molecular flexibility index (Phi) is 3.08. The highest BCUT2D eigenvalue weighted by molar-refractivity contribution is 5.92. The molecule has 4 nitrogen and oxygen atoms in total. The second-order valence-electron chi connectivity index (χ2n) is 2.99. The highest BCUT2D eigenvalue weighted by Crippen LogP contribution is 2.07. The first-order chi connectivity index (χ1) is 6.11. The van der Waals surface area contributed by atoms with Gasteiger partial charge >= 0.3 is 0 Å². The van der Waals surface area contributed by atoms with Crippen LogP contribution in [0.15, 0.2) is 16.7 Å². The first kappa shape index (κ1) is 9.80. The molecule has 0 saturated carbocycles. The van der Waals surface area contributed by atoms with E-state index in [-0.39, 0.29) is 12.5 Å². The first-order valence-electron chi connectivity index (χ1n) is 4.11. The van der Waals surface area contributed by atoms with Crippen LogP contribution in [0.25, 0.3) is 0 Å². The monoisotopic (exact) mass is 183 g/mol. The van der Waals surface area contributed by atoms with E-state index >= 15 is 0 Å². The molecule has 0 spiro atoms. The first-order valence-corrected chi connectivity index (χ1v) is 4.11. The van der Waals surface area contributed by atoms with E-state index in [2.05, 4.69) is 5.32 Å². The molecule has 0 radical (unpaired) electrons. The number of amides is 1. The van der Waals surface area contributed by atoms with Gasteiger partial charge in [-0.05, 0) is 19.9 Å². The minimum atomic E-state index is -0.542. The SMILES string of the molecule is Cc1ccoc1C(=O)NC[C@@H](C)O. The lowest BCUT2D eigenvalue weighted by Crippen LogP contribution is -2.30. The zero-order valence-electron chi connectivity index (χ0n) is 7.70. The summed E-state index contributed by atoms with van der Waals surface area (Å²) in [5, 5.41) is 11.5. The van der Waals surface area contributed by atoms with Crippen molar-refractivity contribution in [2.75, 3.05) is 6.54 Å². The largest absolute Gasteiger partial charge is 0.459 e. The molecule has 1 atom stereocenters. The van der Waals surface area contributed by atoms with Crippen LogP contribution < -0.4 is 5.32 Å². The van der Waals surface area contributed by atoms with Gasteiger partial charge in [0.05, 0.1) is 12.4 Å². The maximum atomic E-state index is 11.3. The summed E-state index contributed by atoms with van der Waals surface area (Å²) in [6.07, 6.45) is 0.923. The summed E-state index contributed by atoms with van der Waals surface area (Å²) in [7, 11) is 0. The average Bonchev–Trinajstić information content (AvgIpc) is 2.47. The zero-order valence-corrected chi connectivity index (χ0v) is 7.70. The van der Waals surface area contributed by atoms with Crippen molar-refractivity contribution in [1.82, 2.24) is 5.32 Å². The number of rotatable bonds is 3. The fraction of sp³-hybridized carbons (Fsp3) is 0.444. The normalized spacial score (nSPS) is 12.5. The minimum Gasteiger partial charge on any atom is -0.459 e. The van der Waals surface area contributed by atoms with Crippen LogP contribution in [-0.4, -0.2) is 23.7 Å². The maximum Gasteiger partial charge on any atom is 0.287 e. The Morgan fingerprint density at radius 1 is 1.77 bits per heavy atom. The summed E-state index contributed by atoms with van der Waals surface area (Å²) in [6.45, 7) is 3.63. The molecule has 13 heavy (non-hydrogen) atoms. The Hall–Kier alpha value is -1.29. The molecule has 0 unspecified atom stereocenters. The fourth-order valence-corrected chi connectivity index (χ4v) is 0.926. The Bertz CT molecular complexity index is 291. The lowest BCUT2D eigenvalue weighted by atomic mass is 10.2. The van der Waals surface area contributed by atoms with Gasteiger partial charge in [-0.1, -0.05) is 0 Å². The van der Waals surface area contributed by atoms with Gasteiger partial charge in [0.1, 0.15) is 0 Å². The average molecular weight is 183 g/mol. The van der Waals surface area contributed by atoms with Crippen LogP contribution >= 0.6 is 0 Å². The summed E-state index contributed by atoms with van der Waals surface area (Å²) in [5.74, 6) is 0.0176. The molecular formula is C9H13NO3. The lowest BCUT2D eigenvalue weighted by Gasteiger charge is -2.05. The molecule has 0 saturated heterocycles. The molecule has 1 heterocycles. The van der Waals surface area contributed by atoms with Gasteiger partial charge in [0.25, 0.3) is 5.91 Å². The number of aliphatic hydroxyl groups excluding tert-OH is 1. The van der Waals surface area contributed by atoms with Crippen molar-refractivity contribution in [2.45, 2.75) is 20.0 Å². The summed E-state index contributed by atoms with van der Waals surface area (Å²) < 4.78 is 4.96. The molecule has 1 aromatic rings. The molecule has 2 N–H and O–H groups in total. The lowest BCUT2D eigenvalue weighted by molar-refractivity contribution is 0.0895. The van der Waals surface area contributed by atoms with E-state index in [0.717, 1.165) is 5.56 Å². The fourth-order valence-electron chi connectivity index (χ4n) is 0.926. The van der Waals surface area contributed by atoms with Crippen molar-refractivity contribution in [3.05, 3.63) is 23.7 Å². The van der Waals surface area contributed by atoms with E-state index < -0.39 is 6.10 Å². The van der Waals surface area contributed by atoms with Crippen molar-refractivity contribution in [3.8, 4) is 0 Å². The number of hydrogen-bond donors (Lipinski definition) is 2. The molecule has 1 amide bonds. The molecule has 0 aliphatic heterocycles. The summed E-state index contributed by atoms with van der Waals surface area (Å²) in [6, 6.07) is 1.72. The van der Waals surface area contributed by atoms with Gasteiger partial charge in [0.15, 0.2) is 5.76 Å². The van der Waals surface area contributed by atoms with E-state index in [1.54, 1.807) is 19.9 Å². The van der Waals surface area contributed by atoms with Crippen LogP contribution in [0.5, 0.6) is 0 Å². The number of carbonyl (C=O) groups excluding carboxylic acids is 1. The van der Waals surface area contributed by atoms with Crippen molar-refractivity contribution < 1.29 is 14.3 Å². The van der Waals surface area contributed by atoms with Crippen molar-refractivity contribution >= 4 is 5.91 Å². The third-order valence-corrected chi connectivity index (χ3v) is 1.63. The van der Waals surface area contributed by atoms with Gasteiger partial charge in [-0.3, -0.25) is 4.79 Å². The second kappa shape index (κ2) is 4.09. The smallest absolute Gasteiger partial charge is 0.287 e. The Morgan fingerprint density at radius 3 is 2.92 bits per heavy atom. The van der Waals surface area contributed by atoms with Crippen molar-refractivity contribution in [1.29, 1.82) is 0 Å². The van der Waals surface area contributed by atoms with Crippen LogP contribution in [0.2, 0.25) is 0 Å². The number of hydrogen-bond acceptors (Lipinski definition) is 3. The summed E-state index contributed by atoms with van der Waals surface area (Å²) in [5.41, 5.74) is 0.795. The van der Waals surface area contributed by atoms with Crippen LogP contribution in [0, 0.1) is 6.92 Å². The highest BCUT2D eigenvalue weighted by Gasteiger charge is 2.11. The van der Waals surface area contributed by atoms with E-state index in [9.17, 15) is 4.79 Å². The number of furan rings is 1. The summed E-state index contributed by atoms with van der Waals surface area (Å²) >= 11 is 0. The van der Waals surface area contributed by atoms with Gasteiger partial charge in [0.2, 0.25) is 0 Å². The molecule has 0 fully saturated rings. The third-order valence-electron chi connectivity index (χ3n) is 1.63. The number of carbonyl (C=O) groups is 1. The molecule has 1 rings (SSSR count). The summed E-state index contributed by atoms with van der Waals surface area (Å²) in [4.78, 5) is 11.3. The number of aliphatic hydroxyl groups is 1. The van der Waals surface area contributed by atoms with Crippen LogP contribution in [-0.2, 0) is 0 Å². The molecule has 0 aliphatic carbocycles. The number of nitrogens with one attached hydrogen (secondary N) is 1. The Balaban J connectivity index is 2.54. The predicted octanol–water partition coefficient (Wildman–Crippen LogP) is 0.699. The van der Waals surface area contributed by atoms with Gasteiger partial charge < -0.3 is 14.8 Å². The molecule has 0 aromatic carbocycles. The molecule has 1 aromatic heterocycles. The minimum absolute atomic E-state index is 0.235. The van der Waals surface area contributed by atoms with Gasteiger partial charge in [-0.15, -0.1) is 0 Å². The second-order valence-corrected chi connectivity index (χ2v) is 2.99. The number of aryl methyl sites for hydroxylation is 1.